The van der Waals surface area contributed by atoms with Crippen molar-refractivity contribution in [2.24, 2.45) is 0 Å². The van der Waals surface area contributed by atoms with Crippen LogP contribution in [0.2, 0.25) is 0 Å². The molecule has 0 unspecified atom stereocenters. The van der Waals surface area contributed by atoms with E-state index in [1.165, 1.54) is 51.0 Å². The van der Waals surface area contributed by atoms with Crippen molar-refractivity contribution in [2.75, 3.05) is 12.5 Å². The first-order valence-electron chi connectivity index (χ1n) is 11.7. The van der Waals surface area contributed by atoms with Crippen LogP contribution in [0, 0.1) is 0 Å². The lowest BCUT2D eigenvalue weighted by Crippen LogP contribution is -2.37. The summed E-state index contributed by atoms with van der Waals surface area (Å²) in [5, 5.41) is 20.1. The van der Waals surface area contributed by atoms with Crippen molar-refractivity contribution < 1.29 is 35.4 Å². The first-order chi connectivity index (χ1) is 15.4. The van der Waals surface area contributed by atoms with Crippen LogP contribution in [0.15, 0.2) is 18.2 Å². The highest BCUT2D eigenvalue weighted by Crippen LogP contribution is 2.42. The summed E-state index contributed by atoms with van der Waals surface area (Å²) in [4.78, 5) is 0. The Morgan fingerprint density at radius 3 is 1.58 bits per heavy atom. The van der Waals surface area contributed by atoms with Crippen LogP contribution >= 0.6 is 0 Å². The maximum absolute atomic E-state index is 12.0. The highest BCUT2D eigenvalue weighted by Gasteiger charge is 2.43. The Labute approximate surface area is 199 Å². The minimum atomic E-state index is -4.18. The molecule has 10 heteroatoms. The van der Waals surface area contributed by atoms with Crippen molar-refractivity contribution in [3.8, 4) is 11.5 Å². The van der Waals surface area contributed by atoms with Gasteiger partial charge in [0.15, 0.2) is 0 Å². The molecule has 0 fully saturated rings. The predicted molar refractivity (Wildman–Crippen MR) is 129 cm³/mol. The summed E-state index contributed by atoms with van der Waals surface area (Å²) in [6, 6.07) is 3.36. The first-order valence-corrected chi connectivity index (χ1v) is 15.4. The number of hydrogen-bond donors (Lipinski definition) is 2. The second kappa shape index (κ2) is 14.1. The predicted octanol–water partition coefficient (Wildman–Crippen LogP) is 5.29. The molecule has 0 saturated carbocycles. The van der Waals surface area contributed by atoms with E-state index in [0.717, 1.165) is 43.9 Å². The molecule has 0 aliphatic carbocycles. The third-order valence-corrected chi connectivity index (χ3v) is 6.47. The van der Waals surface area contributed by atoms with Crippen LogP contribution < -0.4 is 0 Å². The third kappa shape index (κ3) is 12.6. The lowest BCUT2D eigenvalue weighted by molar-refractivity contribution is -0.120. The average Bonchev–Trinajstić information content (AvgIpc) is 2.68. The molecule has 0 atom stereocenters. The Bertz CT molecular complexity index is 876. The molecule has 192 valence electrons. The minimum absolute atomic E-state index is 0.137. The van der Waals surface area contributed by atoms with Gasteiger partial charge in [0.1, 0.15) is 11.5 Å². The highest BCUT2D eigenvalue weighted by molar-refractivity contribution is 7.86. The molecule has 1 rings (SSSR count). The average molecular weight is 509 g/mol. The monoisotopic (exact) mass is 508 g/mol. The van der Waals surface area contributed by atoms with Gasteiger partial charge in [-0.2, -0.15) is 16.8 Å². The van der Waals surface area contributed by atoms with E-state index in [4.69, 9.17) is 8.37 Å². The standard InChI is InChI=1S/C23H40O8S2/c1-4-5-6-7-8-9-10-11-12-13-14-15-18-23(30-32(2,26)27,31-33(3,28)29)21-19-20(24)16-17-22(21)25/h16-17,19,24-25H,4-15,18H2,1-3H3. The van der Waals surface area contributed by atoms with Gasteiger partial charge in [0.2, 0.25) is 5.79 Å². The maximum Gasteiger partial charge on any atom is 0.267 e. The van der Waals surface area contributed by atoms with Gasteiger partial charge in [-0.15, -0.1) is 0 Å². The van der Waals surface area contributed by atoms with Gasteiger partial charge in [0.05, 0.1) is 18.1 Å². The van der Waals surface area contributed by atoms with Crippen LogP contribution in [-0.2, 0) is 34.4 Å². The van der Waals surface area contributed by atoms with Gasteiger partial charge in [-0.1, -0.05) is 77.6 Å². The van der Waals surface area contributed by atoms with E-state index in [0.29, 0.717) is 12.8 Å². The molecule has 0 amide bonds. The number of rotatable bonds is 18. The Balaban J connectivity index is 2.75. The topological polar surface area (TPSA) is 127 Å². The minimum Gasteiger partial charge on any atom is -0.508 e. The van der Waals surface area contributed by atoms with Gasteiger partial charge in [0.25, 0.3) is 20.2 Å². The van der Waals surface area contributed by atoms with E-state index in [1.807, 2.05) is 0 Å². The molecule has 33 heavy (non-hydrogen) atoms. The van der Waals surface area contributed by atoms with E-state index in [9.17, 15) is 27.0 Å². The summed E-state index contributed by atoms with van der Waals surface area (Å²) in [6.07, 6.45) is 14.4. The van der Waals surface area contributed by atoms with Crippen LogP contribution in [0.1, 0.15) is 96.0 Å². The molecule has 0 spiro atoms. The van der Waals surface area contributed by atoms with Gasteiger partial charge < -0.3 is 10.2 Å². The van der Waals surface area contributed by atoms with Crippen molar-refractivity contribution in [3.05, 3.63) is 23.8 Å². The van der Waals surface area contributed by atoms with Crippen molar-refractivity contribution >= 4 is 20.2 Å². The molecule has 8 nitrogen and oxygen atoms in total. The molecule has 0 aliphatic rings. The molecule has 0 saturated heterocycles. The Hall–Kier alpha value is -1.36. The van der Waals surface area contributed by atoms with Gasteiger partial charge in [-0.25, -0.2) is 8.37 Å². The van der Waals surface area contributed by atoms with Gasteiger partial charge in [-0.3, -0.25) is 0 Å². The number of benzene rings is 1. The zero-order valence-electron chi connectivity index (χ0n) is 20.1. The molecule has 0 radical (unpaired) electrons. The molecule has 0 heterocycles. The fourth-order valence-corrected chi connectivity index (χ4v) is 5.27. The van der Waals surface area contributed by atoms with Crippen LogP contribution in [0.5, 0.6) is 11.5 Å². The quantitative estimate of drug-likeness (QED) is 0.118. The van der Waals surface area contributed by atoms with E-state index in [2.05, 4.69) is 6.92 Å². The second-order valence-electron chi connectivity index (χ2n) is 8.67. The fourth-order valence-electron chi connectivity index (χ4n) is 3.84. The molecule has 0 aromatic heterocycles. The summed E-state index contributed by atoms with van der Waals surface area (Å²) < 4.78 is 58.2. The summed E-state index contributed by atoms with van der Waals surface area (Å²) in [5.74, 6) is -3.04. The van der Waals surface area contributed by atoms with Crippen LogP contribution in [0.3, 0.4) is 0 Å². The van der Waals surface area contributed by atoms with Gasteiger partial charge in [0, 0.05) is 6.42 Å². The molecule has 0 bridgehead atoms. The fraction of sp³-hybridized carbons (Fsp3) is 0.739. The van der Waals surface area contributed by atoms with E-state index < -0.39 is 31.8 Å². The number of unbranched alkanes of at least 4 members (excludes halogenated alkanes) is 11. The zero-order chi connectivity index (χ0) is 25.0. The Morgan fingerprint density at radius 1 is 0.727 bits per heavy atom. The van der Waals surface area contributed by atoms with Gasteiger partial charge in [-0.05, 0) is 24.6 Å². The van der Waals surface area contributed by atoms with Crippen molar-refractivity contribution in [1.82, 2.24) is 0 Å². The van der Waals surface area contributed by atoms with Crippen molar-refractivity contribution in [2.45, 2.75) is 96.2 Å². The molecule has 0 aliphatic heterocycles. The summed E-state index contributed by atoms with van der Waals surface area (Å²) in [5.41, 5.74) is -0.263. The lowest BCUT2D eigenvalue weighted by Gasteiger charge is -2.32. The number of phenolic OH excluding ortho intramolecular Hbond substituents is 2. The molecular formula is C23H40O8S2. The van der Waals surface area contributed by atoms with Crippen molar-refractivity contribution in [3.63, 3.8) is 0 Å². The molecule has 1 aromatic rings. The summed E-state index contributed by atoms with van der Waals surface area (Å²) in [7, 11) is -8.36. The van der Waals surface area contributed by atoms with Crippen molar-refractivity contribution in [1.29, 1.82) is 0 Å². The maximum atomic E-state index is 12.0. The van der Waals surface area contributed by atoms with Crippen LogP contribution in [0.4, 0.5) is 0 Å². The van der Waals surface area contributed by atoms with Crippen LogP contribution in [0.25, 0.3) is 0 Å². The van der Waals surface area contributed by atoms with E-state index in [-0.39, 0.29) is 17.7 Å². The second-order valence-corrected chi connectivity index (χ2v) is 11.8. The zero-order valence-corrected chi connectivity index (χ0v) is 21.7. The number of phenols is 2. The third-order valence-electron chi connectivity index (χ3n) is 5.32. The van der Waals surface area contributed by atoms with E-state index in [1.54, 1.807) is 0 Å². The SMILES string of the molecule is CCCCCCCCCCCCCCC(OS(C)(=O)=O)(OS(C)(=O)=O)c1cc(O)ccc1O. The molecule has 2 N–H and O–H groups in total. The lowest BCUT2D eigenvalue weighted by atomic mass is 9.97. The van der Waals surface area contributed by atoms with E-state index >= 15 is 0 Å². The van der Waals surface area contributed by atoms with Crippen LogP contribution in [-0.4, -0.2) is 39.6 Å². The van der Waals surface area contributed by atoms with Gasteiger partial charge >= 0.3 is 0 Å². The molecular weight excluding hydrogens is 468 g/mol. The number of hydrogen-bond acceptors (Lipinski definition) is 8. The largest absolute Gasteiger partial charge is 0.508 e. The number of aromatic hydroxyl groups is 2. The summed E-state index contributed by atoms with van der Waals surface area (Å²) in [6.45, 7) is 2.21. The first kappa shape index (κ1) is 29.7. The normalized spacial score (nSPS) is 12.8. The highest BCUT2D eigenvalue weighted by atomic mass is 32.2. The Kier molecular flexibility index (Phi) is 12.7. The summed E-state index contributed by atoms with van der Waals surface area (Å²) >= 11 is 0. The Morgan fingerprint density at radius 2 is 1.15 bits per heavy atom. The molecule has 1 aromatic carbocycles. The smallest absolute Gasteiger partial charge is 0.267 e.